The van der Waals surface area contributed by atoms with Gasteiger partial charge < -0.3 is 4.74 Å². The highest BCUT2D eigenvalue weighted by atomic mass is 16.5. The SMILES string of the molecule is C[C@@H]1N=C(c2ccc3ccc4cccnc4c3n2)O[C@@H]1c1ccccc1. The quantitative estimate of drug-likeness (QED) is 0.498. The third-order valence-electron chi connectivity index (χ3n) is 4.78. The number of ether oxygens (including phenoxy) is 1. The summed E-state index contributed by atoms with van der Waals surface area (Å²) in [6.45, 7) is 2.07. The van der Waals surface area contributed by atoms with E-state index in [1.54, 1.807) is 6.20 Å². The van der Waals surface area contributed by atoms with Crippen LogP contribution in [0.2, 0.25) is 0 Å². The lowest BCUT2D eigenvalue weighted by molar-refractivity contribution is 0.202. The summed E-state index contributed by atoms with van der Waals surface area (Å²) in [5, 5.41) is 2.14. The molecule has 0 N–H and O–H groups in total. The van der Waals surface area contributed by atoms with E-state index >= 15 is 0 Å². The first-order chi connectivity index (χ1) is 12.8. The van der Waals surface area contributed by atoms with Gasteiger partial charge in [-0.3, -0.25) is 4.98 Å². The van der Waals surface area contributed by atoms with Gasteiger partial charge in [0.1, 0.15) is 11.8 Å². The van der Waals surface area contributed by atoms with Crippen molar-refractivity contribution in [3.8, 4) is 0 Å². The monoisotopic (exact) mass is 339 g/mol. The number of fused-ring (bicyclic) bond motifs is 3. The van der Waals surface area contributed by atoms with Crippen molar-refractivity contribution in [2.45, 2.75) is 19.1 Å². The first-order valence-corrected chi connectivity index (χ1v) is 8.74. The van der Waals surface area contributed by atoms with Gasteiger partial charge in [0.05, 0.1) is 17.1 Å². The Hall–Kier alpha value is -3.27. The zero-order valence-electron chi connectivity index (χ0n) is 14.3. The van der Waals surface area contributed by atoms with E-state index in [9.17, 15) is 0 Å². The minimum atomic E-state index is -0.0747. The predicted octanol–water partition coefficient (Wildman–Crippen LogP) is 4.69. The number of nitrogens with zero attached hydrogens (tertiary/aromatic N) is 3. The van der Waals surface area contributed by atoms with E-state index in [2.05, 4.69) is 42.2 Å². The molecule has 0 aliphatic carbocycles. The van der Waals surface area contributed by atoms with E-state index in [4.69, 9.17) is 14.7 Å². The Morgan fingerprint density at radius 3 is 2.42 bits per heavy atom. The Kier molecular flexibility index (Phi) is 3.42. The summed E-state index contributed by atoms with van der Waals surface area (Å²) in [6, 6.07) is 22.4. The van der Waals surface area contributed by atoms with E-state index in [0.29, 0.717) is 5.90 Å². The van der Waals surface area contributed by atoms with E-state index in [1.807, 2.05) is 36.4 Å². The Morgan fingerprint density at radius 2 is 1.58 bits per heavy atom. The second-order valence-corrected chi connectivity index (χ2v) is 6.53. The number of aliphatic imine (C=N–C) groups is 1. The van der Waals surface area contributed by atoms with Gasteiger partial charge >= 0.3 is 0 Å². The summed E-state index contributed by atoms with van der Waals surface area (Å²) >= 11 is 0. The van der Waals surface area contributed by atoms with Crippen LogP contribution in [0.1, 0.15) is 24.3 Å². The van der Waals surface area contributed by atoms with Crippen molar-refractivity contribution in [1.29, 1.82) is 0 Å². The molecule has 4 heteroatoms. The average Bonchev–Trinajstić information content (AvgIpc) is 3.10. The minimum absolute atomic E-state index is 0.0514. The van der Waals surface area contributed by atoms with Crippen molar-refractivity contribution in [3.05, 3.63) is 84.2 Å². The third kappa shape index (κ3) is 2.42. The van der Waals surface area contributed by atoms with Crippen molar-refractivity contribution in [2.75, 3.05) is 0 Å². The van der Waals surface area contributed by atoms with Crippen molar-refractivity contribution in [1.82, 2.24) is 9.97 Å². The maximum Gasteiger partial charge on any atom is 0.236 e. The van der Waals surface area contributed by atoms with E-state index in [-0.39, 0.29) is 12.1 Å². The summed E-state index contributed by atoms with van der Waals surface area (Å²) in [7, 11) is 0. The van der Waals surface area contributed by atoms with Gasteiger partial charge in [0.15, 0.2) is 0 Å². The van der Waals surface area contributed by atoms with Crippen LogP contribution >= 0.6 is 0 Å². The smallest absolute Gasteiger partial charge is 0.236 e. The first kappa shape index (κ1) is 15.0. The molecular formula is C22H17N3O. The van der Waals surface area contributed by atoms with Gasteiger partial charge in [0, 0.05) is 17.0 Å². The molecule has 2 atom stereocenters. The molecule has 0 radical (unpaired) electrons. The molecule has 0 amide bonds. The van der Waals surface area contributed by atoms with Crippen LogP contribution < -0.4 is 0 Å². The molecule has 0 spiro atoms. The number of pyridine rings is 2. The lowest BCUT2D eigenvalue weighted by atomic mass is 10.0. The van der Waals surface area contributed by atoms with Gasteiger partial charge in [0.25, 0.3) is 0 Å². The van der Waals surface area contributed by atoms with Gasteiger partial charge in [-0.2, -0.15) is 0 Å². The fourth-order valence-corrected chi connectivity index (χ4v) is 3.46. The summed E-state index contributed by atoms with van der Waals surface area (Å²) in [6.07, 6.45) is 1.72. The molecule has 4 nitrogen and oxygen atoms in total. The van der Waals surface area contributed by atoms with E-state index < -0.39 is 0 Å². The third-order valence-corrected chi connectivity index (χ3v) is 4.78. The molecule has 1 aliphatic heterocycles. The number of aromatic nitrogens is 2. The Labute approximate surface area is 151 Å². The van der Waals surface area contributed by atoms with Crippen LogP contribution in [0, 0.1) is 0 Å². The van der Waals surface area contributed by atoms with E-state index in [0.717, 1.165) is 33.1 Å². The van der Waals surface area contributed by atoms with Crippen LogP contribution in [0.4, 0.5) is 0 Å². The fraction of sp³-hybridized carbons (Fsp3) is 0.136. The molecule has 0 fully saturated rings. The highest BCUT2D eigenvalue weighted by Crippen LogP contribution is 2.31. The highest BCUT2D eigenvalue weighted by molar-refractivity contribution is 6.04. The lowest BCUT2D eigenvalue weighted by Crippen LogP contribution is -2.11. The van der Waals surface area contributed by atoms with Crippen molar-refractivity contribution >= 4 is 27.7 Å². The summed E-state index contributed by atoms with van der Waals surface area (Å²) in [5.74, 6) is 0.598. The molecule has 0 bridgehead atoms. The number of hydrogen-bond acceptors (Lipinski definition) is 4. The number of benzene rings is 2. The topological polar surface area (TPSA) is 47.4 Å². The van der Waals surface area contributed by atoms with Crippen molar-refractivity contribution in [3.63, 3.8) is 0 Å². The summed E-state index contributed by atoms with van der Waals surface area (Å²) in [4.78, 5) is 14.1. The zero-order valence-corrected chi connectivity index (χ0v) is 14.3. The molecule has 3 heterocycles. The fourth-order valence-electron chi connectivity index (χ4n) is 3.46. The number of hydrogen-bond donors (Lipinski definition) is 0. The van der Waals surface area contributed by atoms with Crippen molar-refractivity contribution in [2.24, 2.45) is 4.99 Å². The van der Waals surface area contributed by atoms with Crippen LogP contribution in [-0.2, 0) is 4.74 Å². The van der Waals surface area contributed by atoms with Gasteiger partial charge in [-0.25, -0.2) is 9.98 Å². The van der Waals surface area contributed by atoms with Crippen LogP contribution in [-0.4, -0.2) is 21.9 Å². The van der Waals surface area contributed by atoms with Gasteiger partial charge in [-0.15, -0.1) is 0 Å². The standard InChI is InChI=1S/C22H17N3O/c1-14-21(17-6-3-2-4-7-17)26-22(24-14)18-12-11-16-10-9-15-8-5-13-23-19(15)20(16)25-18/h2-14,21H,1H3/t14-,21-/m0/s1. The van der Waals surface area contributed by atoms with Gasteiger partial charge in [0.2, 0.25) is 5.90 Å². The summed E-state index contributed by atoms with van der Waals surface area (Å²) in [5.41, 5.74) is 3.66. The minimum Gasteiger partial charge on any atom is -0.466 e. The maximum absolute atomic E-state index is 6.17. The number of rotatable bonds is 2. The Balaban J connectivity index is 1.57. The normalized spacial score (nSPS) is 19.5. The van der Waals surface area contributed by atoms with Gasteiger partial charge in [-0.05, 0) is 24.6 Å². The lowest BCUT2D eigenvalue weighted by Gasteiger charge is -2.15. The largest absolute Gasteiger partial charge is 0.466 e. The van der Waals surface area contributed by atoms with E-state index in [1.165, 1.54) is 0 Å². The second-order valence-electron chi connectivity index (χ2n) is 6.53. The molecule has 2 aromatic heterocycles. The molecule has 2 aromatic carbocycles. The first-order valence-electron chi connectivity index (χ1n) is 8.74. The molecule has 126 valence electrons. The molecule has 0 saturated heterocycles. The van der Waals surface area contributed by atoms with Crippen LogP contribution in [0.3, 0.4) is 0 Å². The molecule has 4 aromatic rings. The summed E-state index contributed by atoms with van der Waals surface area (Å²) < 4.78 is 6.17. The molecule has 0 saturated carbocycles. The Bertz CT molecular complexity index is 1140. The molecule has 1 aliphatic rings. The van der Waals surface area contributed by atoms with Crippen molar-refractivity contribution < 1.29 is 4.74 Å². The van der Waals surface area contributed by atoms with Crippen LogP contribution in [0.25, 0.3) is 21.8 Å². The van der Waals surface area contributed by atoms with Gasteiger partial charge in [-0.1, -0.05) is 54.6 Å². The molecule has 0 unspecified atom stereocenters. The second kappa shape index (κ2) is 5.92. The zero-order chi connectivity index (χ0) is 17.5. The molecule has 26 heavy (non-hydrogen) atoms. The van der Waals surface area contributed by atoms with Crippen LogP contribution in [0.5, 0.6) is 0 Å². The molecule has 5 rings (SSSR count). The van der Waals surface area contributed by atoms with Crippen LogP contribution in [0.15, 0.2) is 77.9 Å². The highest BCUT2D eigenvalue weighted by Gasteiger charge is 2.30. The molecular weight excluding hydrogens is 322 g/mol. The Morgan fingerprint density at radius 1 is 0.808 bits per heavy atom. The predicted molar refractivity (Wildman–Crippen MR) is 103 cm³/mol. The average molecular weight is 339 g/mol. The maximum atomic E-state index is 6.17.